The molecule has 0 bridgehead atoms. The van der Waals surface area contributed by atoms with Crippen molar-refractivity contribution in [2.24, 2.45) is 5.10 Å². The third-order valence-corrected chi connectivity index (χ3v) is 5.52. The lowest BCUT2D eigenvalue weighted by atomic mass is 10.2. The van der Waals surface area contributed by atoms with Gasteiger partial charge in [0.25, 0.3) is 0 Å². The number of nitrogens with one attached hydrogen (secondary N) is 1. The number of benzene rings is 2. The van der Waals surface area contributed by atoms with E-state index in [1.54, 1.807) is 12.1 Å². The number of amides is 1. The van der Waals surface area contributed by atoms with Gasteiger partial charge in [-0.15, -0.1) is 11.3 Å². The summed E-state index contributed by atoms with van der Waals surface area (Å²) in [6.45, 7) is 0. The first-order valence-electron chi connectivity index (χ1n) is 8.23. The van der Waals surface area contributed by atoms with Crippen LogP contribution in [0.1, 0.15) is 20.8 Å². The zero-order chi connectivity index (χ0) is 20.8. The molecule has 2 aromatic carbocycles. The number of rotatable bonds is 6. The van der Waals surface area contributed by atoms with Crippen molar-refractivity contribution < 1.29 is 18.7 Å². The van der Waals surface area contributed by atoms with Crippen LogP contribution in [0.4, 0.5) is 4.39 Å². The highest BCUT2D eigenvalue weighted by molar-refractivity contribution is 9.11. The van der Waals surface area contributed by atoms with Crippen LogP contribution < -0.4 is 10.2 Å². The molecule has 0 atom stereocenters. The maximum Gasteiger partial charge on any atom is 0.343 e. The number of halogens is 3. The monoisotopic (exact) mass is 538 g/mol. The van der Waals surface area contributed by atoms with Crippen LogP contribution >= 0.6 is 43.2 Å². The average molecular weight is 540 g/mol. The lowest BCUT2D eigenvalue weighted by molar-refractivity contribution is -0.120. The highest BCUT2D eigenvalue weighted by atomic mass is 79.9. The van der Waals surface area contributed by atoms with Crippen molar-refractivity contribution in [3.05, 3.63) is 84.7 Å². The maximum absolute atomic E-state index is 13.4. The molecule has 3 rings (SSSR count). The zero-order valence-electron chi connectivity index (χ0n) is 14.7. The molecule has 1 heterocycles. The average Bonchev–Trinajstić information content (AvgIpc) is 3.17. The number of hydrogen-bond donors (Lipinski definition) is 1. The third-order valence-electron chi connectivity index (χ3n) is 3.60. The summed E-state index contributed by atoms with van der Waals surface area (Å²) in [5, 5.41) is 5.84. The molecule has 0 aliphatic heterocycles. The van der Waals surface area contributed by atoms with Crippen molar-refractivity contribution in [3.8, 4) is 5.75 Å². The zero-order valence-corrected chi connectivity index (χ0v) is 18.7. The van der Waals surface area contributed by atoms with Gasteiger partial charge in [0.15, 0.2) is 5.75 Å². The van der Waals surface area contributed by atoms with Crippen molar-refractivity contribution in [3.63, 3.8) is 0 Å². The van der Waals surface area contributed by atoms with E-state index in [1.807, 2.05) is 17.5 Å². The van der Waals surface area contributed by atoms with Gasteiger partial charge in [-0.05, 0) is 57.7 Å². The summed E-state index contributed by atoms with van der Waals surface area (Å²) in [6.07, 6.45) is 1.59. The molecular formula is C20H13Br2FN2O3S. The van der Waals surface area contributed by atoms with Gasteiger partial charge in [-0.25, -0.2) is 14.6 Å². The van der Waals surface area contributed by atoms with E-state index in [2.05, 4.69) is 42.4 Å². The molecule has 0 saturated carbocycles. The summed E-state index contributed by atoms with van der Waals surface area (Å²) >= 11 is 8.19. The summed E-state index contributed by atoms with van der Waals surface area (Å²) in [7, 11) is 0. The molecule has 0 aliphatic rings. The van der Waals surface area contributed by atoms with E-state index >= 15 is 0 Å². The number of nitrogens with zero attached hydrogens (tertiary/aromatic N) is 1. The van der Waals surface area contributed by atoms with Crippen LogP contribution in [0.25, 0.3) is 0 Å². The molecule has 148 valence electrons. The second-order valence-corrected chi connectivity index (χ2v) is 8.56. The maximum atomic E-state index is 13.4. The molecule has 3 aromatic rings. The van der Waals surface area contributed by atoms with Crippen molar-refractivity contribution in [1.82, 2.24) is 5.43 Å². The normalized spacial score (nSPS) is 10.9. The lowest BCUT2D eigenvalue weighted by Crippen LogP contribution is -2.19. The summed E-state index contributed by atoms with van der Waals surface area (Å²) in [4.78, 5) is 25.3. The van der Waals surface area contributed by atoms with Crippen LogP contribution in [0, 0.1) is 5.82 Å². The fourth-order valence-electron chi connectivity index (χ4n) is 2.34. The van der Waals surface area contributed by atoms with Crippen LogP contribution in [-0.4, -0.2) is 18.1 Å². The molecule has 9 heteroatoms. The quantitative estimate of drug-likeness (QED) is 0.199. The number of hydrogen-bond acceptors (Lipinski definition) is 5. The first-order valence-corrected chi connectivity index (χ1v) is 10.7. The molecule has 0 spiro atoms. The fourth-order valence-corrected chi connectivity index (χ4v) is 4.38. The van der Waals surface area contributed by atoms with Crippen LogP contribution in [0.15, 0.2) is 68.0 Å². The Morgan fingerprint density at radius 1 is 1.17 bits per heavy atom. The van der Waals surface area contributed by atoms with E-state index in [4.69, 9.17) is 4.74 Å². The fraction of sp³-hybridized carbons (Fsp3) is 0.0500. The Hall–Kier alpha value is -2.36. The van der Waals surface area contributed by atoms with Crippen molar-refractivity contribution in [1.29, 1.82) is 0 Å². The highest BCUT2D eigenvalue weighted by Crippen LogP contribution is 2.32. The number of carbonyl (C=O) groups excluding carboxylic acids is 2. The predicted octanol–water partition coefficient (Wildman–Crippen LogP) is 5.32. The van der Waals surface area contributed by atoms with Crippen molar-refractivity contribution in [2.45, 2.75) is 6.42 Å². The van der Waals surface area contributed by atoms with Crippen LogP contribution in [0.5, 0.6) is 5.75 Å². The molecule has 1 amide bonds. The highest BCUT2D eigenvalue weighted by Gasteiger charge is 2.16. The van der Waals surface area contributed by atoms with Crippen molar-refractivity contribution in [2.75, 3.05) is 0 Å². The van der Waals surface area contributed by atoms with E-state index in [0.717, 1.165) is 10.9 Å². The van der Waals surface area contributed by atoms with Crippen LogP contribution in [0.2, 0.25) is 0 Å². The van der Waals surface area contributed by atoms with E-state index in [-0.39, 0.29) is 23.6 Å². The Balaban J connectivity index is 1.76. The second-order valence-electron chi connectivity index (χ2n) is 5.76. The number of esters is 1. The minimum atomic E-state index is -0.719. The molecule has 1 N–H and O–H groups in total. The number of hydrazone groups is 1. The van der Waals surface area contributed by atoms with Crippen LogP contribution in [-0.2, 0) is 11.2 Å². The standard InChI is InChI=1S/C20H13Br2FN2O3S/c21-14-7-13(11-24-25-18(26)10-16-5-2-6-29-16)19(17(22)9-14)28-20(27)12-3-1-4-15(23)8-12/h1-9,11H,10H2,(H,25,26)/b24-11-. The number of thiophene rings is 1. The lowest BCUT2D eigenvalue weighted by Gasteiger charge is -2.10. The molecule has 0 saturated heterocycles. The molecule has 0 unspecified atom stereocenters. The smallest absolute Gasteiger partial charge is 0.343 e. The number of ether oxygens (including phenoxy) is 1. The van der Waals surface area contributed by atoms with E-state index in [1.165, 1.54) is 35.8 Å². The summed E-state index contributed by atoms with van der Waals surface area (Å²) < 4.78 is 20.0. The van der Waals surface area contributed by atoms with Gasteiger partial charge in [-0.2, -0.15) is 5.10 Å². The predicted molar refractivity (Wildman–Crippen MR) is 117 cm³/mol. The van der Waals surface area contributed by atoms with Gasteiger partial charge < -0.3 is 4.74 Å². The number of carbonyl (C=O) groups is 2. The Labute approximate surface area is 186 Å². The van der Waals surface area contributed by atoms with E-state index in [9.17, 15) is 14.0 Å². The molecule has 0 radical (unpaired) electrons. The molecule has 29 heavy (non-hydrogen) atoms. The largest absolute Gasteiger partial charge is 0.421 e. The first-order chi connectivity index (χ1) is 13.9. The van der Waals surface area contributed by atoms with Crippen molar-refractivity contribution >= 4 is 61.3 Å². The minimum absolute atomic E-state index is 0.0759. The van der Waals surface area contributed by atoms with Gasteiger partial charge in [0, 0.05) is 14.9 Å². The van der Waals surface area contributed by atoms with Gasteiger partial charge in [-0.3, -0.25) is 4.79 Å². The molecule has 1 aromatic heterocycles. The first kappa shape index (κ1) is 21.4. The van der Waals surface area contributed by atoms with E-state index < -0.39 is 11.8 Å². The molecule has 0 aliphatic carbocycles. The topological polar surface area (TPSA) is 67.8 Å². The van der Waals surface area contributed by atoms with Gasteiger partial charge in [-0.1, -0.05) is 28.1 Å². The second kappa shape index (κ2) is 9.91. The Kier molecular flexibility index (Phi) is 7.29. The van der Waals surface area contributed by atoms with Gasteiger partial charge in [0.05, 0.1) is 22.7 Å². The minimum Gasteiger partial charge on any atom is -0.421 e. The summed E-state index contributed by atoms with van der Waals surface area (Å²) in [6, 6.07) is 12.3. The molecular weight excluding hydrogens is 527 g/mol. The Morgan fingerprint density at radius 3 is 2.72 bits per heavy atom. The van der Waals surface area contributed by atoms with Gasteiger partial charge in [0.1, 0.15) is 5.82 Å². The van der Waals surface area contributed by atoms with Gasteiger partial charge in [0.2, 0.25) is 5.91 Å². The Bertz CT molecular complexity index is 1070. The summed E-state index contributed by atoms with van der Waals surface area (Å²) in [5.41, 5.74) is 2.96. The molecule has 5 nitrogen and oxygen atoms in total. The Morgan fingerprint density at radius 2 is 2.00 bits per heavy atom. The summed E-state index contributed by atoms with van der Waals surface area (Å²) in [5.74, 6) is -1.33. The van der Waals surface area contributed by atoms with E-state index in [0.29, 0.717) is 14.5 Å². The van der Waals surface area contributed by atoms with Gasteiger partial charge >= 0.3 is 5.97 Å². The third kappa shape index (κ3) is 6.06. The SMILES string of the molecule is O=C(Cc1cccs1)N/N=C\c1cc(Br)cc(Br)c1OC(=O)c1cccc(F)c1. The van der Waals surface area contributed by atoms with Crippen LogP contribution in [0.3, 0.4) is 0 Å². The molecule has 0 fully saturated rings.